The number of para-hydroxylation sites is 1. The Hall–Kier alpha value is -2.90. The van der Waals surface area contributed by atoms with E-state index in [0.29, 0.717) is 35.6 Å². The number of aromatic nitrogens is 2. The highest BCUT2D eigenvalue weighted by atomic mass is 19.1. The zero-order valence-corrected chi connectivity index (χ0v) is 20.4. The first kappa shape index (κ1) is 24.2. The van der Waals surface area contributed by atoms with E-state index in [1.54, 1.807) is 12.1 Å². The van der Waals surface area contributed by atoms with Crippen LogP contribution in [0, 0.1) is 23.6 Å². The number of rotatable bonds is 9. The molecule has 3 N–H and O–H groups in total. The van der Waals surface area contributed by atoms with E-state index < -0.39 is 11.9 Å². The molecule has 1 aliphatic heterocycles. The Balaban J connectivity index is 1.43. The minimum atomic E-state index is -0.719. The Morgan fingerprint density at radius 2 is 2.12 bits per heavy atom. The molecule has 1 aromatic heterocycles. The van der Waals surface area contributed by atoms with Gasteiger partial charge < -0.3 is 20.5 Å². The number of aromatic amines is 1. The molecule has 1 aliphatic carbocycles. The smallest absolute Gasteiger partial charge is 0.243 e. The normalized spacial score (nSPS) is 23.1. The maximum Gasteiger partial charge on any atom is 0.243 e. The summed E-state index contributed by atoms with van der Waals surface area (Å²) in [5.74, 6) is 0.485. The molecule has 4 rings (SSSR count). The van der Waals surface area contributed by atoms with Crippen molar-refractivity contribution < 1.29 is 14.0 Å². The first-order valence-corrected chi connectivity index (χ1v) is 12.4. The number of nitrogens with one attached hydrogen (secondary N) is 3. The highest BCUT2D eigenvalue weighted by Crippen LogP contribution is 2.44. The molecule has 4 atom stereocenters. The van der Waals surface area contributed by atoms with Gasteiger partial charge in [0.2, 0.25) is 11.8 Å². The van der Waals surface area contributed by atoms with Crippen molar-refractivity contribution in [3.63, 3.8) is 0 Å². The average molecular weight is 470 g/mol. The fourth-order valence-corrected chi connectivity index (χ4v) is 5.09. The molecule has 2 amide bonds. The number of halogens is 1. The largest absolute Gasteiger partial charge is 0.373 e. The average Bonchev–Trinajstić information content (AvgIpc) is 3.50. The summed E-state index contributed by atoms with van der Waals surface area (Å²) in [6.45, 7) is 11.7. The van der Waals surface area contributed by atoms with Crippen LogP contribution in [0.4, 0.5) is 4.39 Å². The third-order valence-corrected chi connectivity index (χ3v) is 7.26. The number of fused-ring (bicyclic) bond motifs is 1. The van der Waals surface area contributed by atoms with Gasteiger partial charge in [-0.05, 0) is 56.6 Å². The Morgan fingerprint density at radius 1 is 1.32 bits per heavy atom. The van der Waals surface area contributed by atoms with Gasteiger partial charge in [0, 0.05) is 30.6 Å². The number of carbonyl (C=O) groups excluding carboxylic acids is 2. The second kappa shape index (κ2) is 10.2. The number of likely N-dealkylation sites (tertiary alicyclic amines) is 1. The molecular formula is C26H36FN5O2. The summed E-state index contributed by atoms with van der Waals surface area (Å²) < 4.78 is 14.0. The molecule has 34 heavy (non-hydrogen) atoms. The van der Waals surface area contributed by atoms with Crippen molar-refractivity contribution in [1.82, 2.24) is 25.5 Å². The van der Waals surface area contributed by atoms with Crippen LogP contribution in [0.3, 0.4) is 0 Å². The fourth-order valence-electron chi connectivity index (χ4n) is 5.09. The van der Waals surface area contributed by atoms with Crippen LogP contribution < -0.4 is 10.6 Å². The summed E-state index contributed by atoms with van der Waals surface area (Å²) in [6, 6.07) is 4.36. The summed E-state index contributed by atoms with van der Waals surface area (Å²) in [7, 11) is 0. The van der Waals surface area contributed by atoms with E-state index in [0.717, 1.165) is 31.5 Å². The maximum atomic E-state index is 14.0. The van der Waals surface area contributed by atoms with Gasteiger partial charge in [0.1, 0.15) is 17.4 Å². The lowest BCUT2D eigenvalue weighted by molar-refractivity contribution is -0.130. The molecule has 2 heterocycles. The monoisotopic (exact) mass is 469 g/mol. The van der Waals surface area contributed by atoms with Crippen LogP contribution in [0.25, 0.3) is 11.0 Å². The van der Waals surface area contributed by atoms with Crippen LogP contribution >= 0.6 is 0 Å². The molecule has 2 fully saturated rings. The van der Waals surface area contributed by atoms with Gasteiger partial charge >= 0.3 is 0 Å². The van der Waals surface area contributed by atoms with Gasteiger partial charge in [-0.15, -0.1) is 0 Å². The summed E-state index contributed by atoms with van der Waals surface area (Å²) in [5.41, 5.74) is 1.70. The number of amides is 2. The van der Waals surface area contributed by atoms with Crippen molar-refractivity contribution in [2.24, 2.45) is 17.8 Å². The summed E-state index contributed by atoms with van der Waals surface area (Å²) in [5, 5.41) is 5.86. The van der Waals surface area contributed by atoms with Crippen molar-refractivity contribution in [1.29, 1.82) is 0 Å². The quantitative estimate of drug-likeness (QED) is 0.520. The van der Waals surface area contributed by atoms with E-state index in [1.807, 2.05) is 0 Å². The molecule has 0 bridgehead atoms. The fraction of sp³-hybridized carbons (Fsp3) is 0.577. The second-order valence-electron chi connectivity index (χ2n) is 10.2. The number of piperidine rings is 1. The third kappa shape index (κ3) is 5.42. The molecule has 184 valence electrons. The lowest BCUT2D eigenvalue weighted by Crippen LogP contribution is -2.49. The Morgan fingerprint density at radius 3 is 2.79 bits per heavy atom. The third-order valence-electron chi connectivity index (χ3n) is 7.26. The lowest BCUT2D eigenvalue weighted by Gasteiger charge is -2.37. The minimum absolute atomic E-state index is 0.0316. The van der Waals surface area contributed by atoms with E-state index in [2.05, 4.69) is 52.9 Å². The summed E-state index contributed by atoms with van der Waals surface area (Å²) >= 11 is 0. The molecule has 2 unspecified atom stereocenters. The Kier molecular flexibility index (Phi) is 7.24. The number of imidazole rings is 1. The SMILES string of the molecule is C=C(C[C@H](NC(=O)C1CC1C(C)C)C(=O)NCc1nc2c(F)cccc2[nH]1)N1CCCC[C@@H]1C. The Bertz CT molecular complexity index is 1060. The van der Waals surface area contributed by atoms with E-state index in [1.165, 1.54) is 12.5 Å². The van der Waals surface area contributed by atoms with Crippen LogP contribution in [0.15, 0.2) is 30.5 Å². The van der Waals surface area contributed by atoms with Crippen LogP contribution in [0.5, 0.6) is 0 Å². The van der Waals surface area contributed by atoms with Crippen LogP contribution in [0.2, 0.25) is 0 Å². The topological polar surface area (TPSA) is 90.1 Å². The highest BCUT2D eigenvalue weighted by molar-refractivity contribution is 5.89. The number of H-pyrrole nitrogens is 1. The van der Waals surface area contributed by atoms with Gasteiger partial charge in [0.25, 0.3) is 0 Å². The van der Waals surface area contributed by atoms with E-state index in [4.69, 9.17) is 0 Å². The van der Waals surface area contributed by atoms with Crippen molar-refractivity contribution >= 4 is 22.8 Å². The van der Waals surface area contributed by atoms with Gasteiger partial charge in [-0.25, -0.2) is 9.37 Å². The number of hydrogen-bond donors (Lipinski definition) is 3. The van der Waals surface area contributed by atoms with E-state index in [9.17, 15) is 14.0 Å². The van der Waals surface area contributed by atoms with Gasteiger partial charge in [0.05, 0.1) is 12.1 Å². The zero-order valence-electron chi connectivity index (χ0n) is 20.4. The van der Waals surface area contributed by atoms with Gasteiger partial charge in [0.15, 0.2) is 5.82 Å². The molecule has 2 aliphatic rings. The first-order valence-electron chi connectivity index (χ1n) is 12.4. The molecule has 7 nitrogen and oxygen atoms in total. The van der Waals surface area contributed by atoms with Crippen molar-refractivity contribution in [3.8, 4) is 0 Å². The number of hydrogen-bond acceptors (Lipinski definition) is 4. The standard InChI is InChI=1S/C26H36FN5O2/c1-15(2)18-13-19(18)25(33)30-22(12-17(4)32-11-6-5-8-16(32)3)26(34)28-14-23-29-21-10-7-9-20(27)24(21)31-23/h7,9-10,15-16,18-19,22H,4-6,8,11-14H2,1-3H3,(H,28,34)(H,29,31)(H,30,33)/t16-,18?,19?,22-/m0/s1. The number of carbonyl (C=O) groups is 2. The zero-order chi connectivity index (χ0) is 24.4. The predicted molar refractivity (Wildman–Crippen MR) is 130 cm³/mol. The molecule has 1 saturated heterocycles. The molecule has 0 radical (unpaired) electrons. The summed E-state index contributed by atoms with van der Waals surface area (Å²) in [4.78, 5) is 35.6. The molecule has 1 aromatic carbocycles. The van der Waals surface area contributed by atoms with Crippen LogP contribution in [-0.2, 0) is 16.1 Å². The minimum Gasteiger partial charge on any atom is -0.373 e. The first-order chi connectivity index (χ1) is 16.2. The van der Waals surface area contributed by atoms with Gasteiger partial charge in [-0.1, -0.05) is 26.5 Å². The second-order valence-corrected chi connectivity index (χ2v) is 10.2. The van der Waals surface area contributed by atoms with Gasteiger partial charge in [-0.3, -0.25) is 9.59 Å². The molecule has 0 spiro atoms. The van der Waals surface area contributed by atoms with Crippen molar-refractivity contribution in [3.05, 3.63) is 42.1 Å². The van der Waals surface area contributed by atoms with E-state index >= 15 is 0 Å². The van der Waals surface area contributed by atoms with Crippen molar-refractivity contribution in [2.75, 3.05) is 6.54 Å². The van der Waals surface area contributed by atoms with Crippen LogP contribution in [0.1, 0.15) is 58.7 Å². The number of nitrogens with zero attached hydrogens (tertiary/aromatic N) is 2. The predicted octanol–water partition coefficient (Wildman–Crippen LogP) is 3.87. The summed E-state index contributed by atoms with van der Waals surface area (Å²) in [6.07, 6.45) is 4.63. The lowest BCUT2D eigenvalue weighted by atomic mass is 10.0. The highest BCUT2D eigenvalue weighted by Gasteiger charge is 2.45. The number of benzene rings is 1. The van der Waals surface area contributed by atoms with Crippen LogP contribution in [-0.4, -0.2) is 45.3 Å². The molecule has 2 aromatic rings. The Labute approximate surface area is 200 Å². The molecular weight excluding hydrogens is 433 g/mol. The molecule has 8 heteroatoms. The van der Waals surface area contributed by atoms with Gasteiger partial charge in [-0.2, -0.15) is 0 Å². The maximum absolute atomic E-state index is 14.0. The molecule has 1 saturated carbocycles. The van der Waals surface area contributed by atoms with Crippen molar-refractivity contribution in [2.45, 2.75) is 71.5 Å². The van der Waals surface area contributed by atoms with E-state index in [-0.39, 0.29) is 29.8 Å².